The smallest absolute Gasteiger partial charge is 0.263 e. The first-order chi connectivity index (χ1) is 15.2. The number of aryl methyl sites for hydroxylation is 2. The Kier molecular flexibility index (Phi) is 6.44. The number of hydrogen-bond acceptors (Lipinski definition) is 7. The van der Waals surface area contributed by atoms with Crippen LogP contribution in [0.4, 0.5) is 5.69 Å². The lowest BCUT2D eigenvalue weighted by atomic mass is 9.97. The first-order valence-corrected chi connectivity index (χ1v) is 13.6. The van der Waals surface area contributed by atoms with Crippen LogP contribution >= 0.6 is 23.1 Å². The monoisotopic (exact) mass is 492 g/mol. The topological polar surface area (TPSA) is 124 Å². The van der Waals surface area contributed by atoms with E-state index in [1.54, 1.807) is 28.9 Å². The van der Waals surface area contributed by atoms with Crippen LogP contribution in [0.15, 0.2) is 39.1 Å². The van der Waals surface area contributed by atoms with Crippen molar-refractivity contribution < 1.29 is 13.2 Å². The van der Waals surface area contributed by atoms with E-state index in [0.717, 1.165) is 41.5 Å². The SMILES string of the molecule is CCn1c(SC(C)C(=O)Nc2cccc(S(N)(=O)=O)c2)nc2sc3c(c2c1=O)CCCC3. The van der Waals surface area contributed by atoms with Crippen molar-refractivity contribution in [3.63, 3.8) is 0 Å². The van der Waals surface area contributed by atoms with Gasteiger partial charge in [-0.1, -0.05) is 17.8 Å². The number of amides is 1. The van der Waals surface area contributed by atoms with Gasteiger partial charge in [0, 0.05) is 17.1 Å². The van der Waals surface area contributed by atoms with Crippen LogP contribution in [0.25, 0.3) is 10.2 Å². The van der Waals surface area contributed by atoms with Gasteiger partial charge in [0.05, 0.1) is 15.5 Å². The van der Waals surface area contributed by atoms with E-state index in [1.165, 1.54) is 34.8 Å². The summed E-state index contributed by atoms with van der Waals surface area (Å²) in [6.07, 6.45) is 4.12. The van der Waals surface area contributed by atoms with E-state index in [4.69, 9.17) is 10.1 Å². The predicted octanol–water partition coefficient (Wildman–Crippen LogP) is 3.12. The number of nitrogens with one attached hydrogen (secondary N) is 1. The fourth-order valence-electron chi connectivity index (χ4n) is 3.80. The second-order valence-corrected chi connectivity index (χ2v) is 11.6. The fourth-order valence-corrected chi connectivity index (χ4v) is 6.63. The predicted molar refractivity (Wildman–Crippen MR) is 128 cm³/mol. The van der Waals surface area contributed by atoms with Crippen molar-refractivity contribution in [1.29, 1.82) is 0 Å². The molecule has 0 fully saturated rings. The quantitative estimate of drug-likeness (QED) is 0.402. The van der Waals surface area contributed by atoms with Gasteiger partial charge in [0.1, 0.15) is 4.83 Å². The highest BCUT2D eigenvalue weighted by Crippen LogP contribution is 2.35. The fraction of sp³-hybridized carbons (Fsp3) is 0.381. The number of hydrogen-bond donors (Lipinski definition) is 2. The number of aromatic nitrogens is 2. The minimum Gasteiger partial charge on any atom is -0.325 e. The number of primary sulfonamides is 1. The van der Waals surface area contributed by atoms with E-state index in [1.807, 2.05) is 6.92 Å². The van der Waals surface area contributed by atoms with Gasteiger partial charge in [0.25, 0.3) is 5.56 Å². The molecule has 1 aliphatic rings. The molecule has 0 radical (unpaired) electrons. The summed E-state index contributed by atoms with van der Waals surface area (Å²) < 4.78 is 24.7. The van der Waals surface area contributed by atoms with Crippen molar-refractivity contribution in [1.82, 2.24) is 9.55 Å². The molecule has 0 aliphatic heterocycles. The Bertz CT molecular complexity index is 1360. The summed E-state index contributed by atoms with van der Waals surface area (Å²) in [6.45, 7) is 4.07. The van der Waals surface area contributed by atoms with Gasteiger partial charge in [0.15, 0.2) is 5.16 Å². The number of nitrogens with two attached hydrogens (primary N) is 1. The molecule has 1 aliphatic carbocycles. The number of fused-ring (bicyclic) bond motifs is 3. The molecule has 0 spiro atoms. The lowest BCUT2D eigenvalue weighted by Gasteiger charge is -2.15. The number of thiophene rings is 1. The number of benzene rings is 1. The summed E-state index contributed by atoms with van der Waals surface area (Å²) in [5, 5.41) is 8.54. The molecule has 0 bridgehead atoms. The molecule has 2 heterocycles. The average molecular weight is 493 g/mol. The standard InChI is InChI=1S/C21H24N4O4S3/c1-3-25-20(27)17-15-9-4-5-10-16(15)31-19(17)24-21(25)30-12(2)18(26)23-13-7-6-8-14(11-13)32(22,28)29/h6-8,11-12H,3-5,9-10H2,1-2H3,(H,23,26)(H2,22,28,29). The van der Waals surface area contributed by atoms with Crippen LogP contribution in [0.5, 0.6) is 0 Å². The van der Waals surface area contributed by atoms with Crippen molar-refractivity contribution in [2.75, 3.05) is 5.32 Å². The van der Waals surface area contributed by atoms with Crippen molar-refractivity contribution in [3.05, 3.63) is 45.1 Å². The van der Waals surface area contributed by atoms with Gasteiger partial charge in [0.2, 0.25) is 15.9 Å². The molecule has 1 aromatic carbocycles. The van der Waals surface area contributed by atoms with Crippen LogP contribution in [0.1, 0.15) is 37.1 Å². The maximum Gasteiger partial charge on any atom is 0.263 e. The molecular formula is C21H24N4O4S3. The third-order valence-corrected chi connectivity index (χ3v) is 8.62. The summed E-state index contributed by atoms with van der Waals surface area (Å²) in [4.78, 5) is 32.7. The van der Waals surface area contributed by atoms with E-state index in [2.05, 4.69) is 5.32 Å². The summed E-state index contributed by atoms with van der Waals surface area (Å²) in [6, 6.07) is 5.78. The van der Waals surface area contributed by atoms with Crippen molar-refractivity contribution in [2.24, 2.45) is 5.14 Å². The molecule has 11 heteroatoms. The van der Waals surface area contributed by atoms with Gasteiger partial charge >= 0.3 is 0 Å². The Balaban J connectivity index is 1.60. The Morgan fingerprint density at radius 3 is 2.81 bits per heavy atom. The lowest BCUT2D eigenvalue weighted by Crippen LogP contribution is -2.27. The zero-order valence-corrected chi connectivity index (χ0v) is 20.2. The summed E-state index contributed by atoms with van der Waals surface area (Å²) in [7, 11) is -3.87. The van der Waals surface area contributed by atoms with Crippen LogP contribution in [0.2, 0.25) is 0 Å². The van der Waals surface area contributed by atoms with Gasteiger partial charge < -0.3 is 5.32 Å². The first kappa shape index (κ1) is 23.0. The zero-order valence-electron chi connectivity index (χ0n) is 17.8. The molecule has 4 rings (SSSR count). The molecule has 3 aromatic rings. The van der Waals surface area contributed by atoms with E-state index in [9.17, 15) is 18.0 Å². The molecule has 1 amide bonds. The van der Waals surface area contributed by atoms with E-state index in [0.29, 0.717) is 17.4 Å². The van der Waals surface area contributed by atoms with Crippen LogP contribution in [-0.2, 0) is 34.2 Å². The molecule has 1 unspecified atom stereocenters. The molecule has 170 valence electrons. The molecule has 1 atom stereocenters. The van der Waals surface area contributed by atoms with Crippen LogP contribution in [0, 0.1) is 0 Å². The van der Waals surface area contributed by atoms with Crippen LogP contribution in [0.3, 0.4) is 0 Å². The Labute approximate surface area is 194 Å². The number of sulfonamides is 1. The van der Waals surface area contributed by atoms with Crippen molar-refractivity contribution in [3.8, 4) is 0 Å². The van der Waals surface area contributed by atoms with Crippen molar-refractivity contribution >= 4 is 54.9 Å². The molecule has 0 saturated heterocycles. The van der Waals surface area contributed by atoms with Gasteiger partial charge in [-0.25, -0.2) is 18.5 Å². The zero-order chi connectivity index (χ0) is 23.0. The number of carbonyl (C=O) groups is 1. The lowest BCUT2D eigenvalue weighted by molar-refractivity contribution is -0.115. The Hall–Kier alpha value is -2.21. The molecule has 32 heavy (non-hydrogen) atoms. The largest absolute Gasteiger partial charge is 0.325 e. The highest BCUT2D eigenvalue weighted by molar-refractivity contribution is 8.00. The number of nitrogens with zero attached hydrogens (tertiary/aromatic N) is 2. The van der Waals surface area contributed by atoms with E-state index < -0.39 is 15.3 Å². The van der Waals surface area contributed by atoms with E-state index in [-0.39, 0.29) is 16.4 Å². The summed E-state index contributed by atoms with van der Waals surface area (Å²) in [5.74, 6) is -0.330. The number of anilines is 1. The van der Waals surface area contributed by atoms with Crippen LogP contribution < -0.4 is 16.0 Å². The van der Waals surface area contributed by atoms with E-state index >= 15 is 0 Å². The Morgan fingerprint density at radius 1 is 1.34 bits per heavy atom. The highest BCUT2D eigenvalue weighted by atomic mass is 32.2. The number of thioether (sulfide) groups is 1. The maximum absolute atomic E-state index is 13.2. The van der Waals surface area contributed by atoms with Crippen molar-refractivity contribution in [2.45, 2.75) is 61.4 Å². The third-order valence-electron chi connectivity index (χ3n) is 5.44. The molecular weight excluding hydrogens is 468 g/mol. The third kappa shape index (κ3) is 4.47. The van der Waals surface area contributed by atoms with Gasteiger partial charge in [-0.3, -0.25) is 14.2 Å². The first-order valence-electron chi connectivity index (χ1n) is 10.3. The summed E-state index contributed by atoms with van der Waals surface area (Å²) in [5.41, 5.74) is 1.43. The van der Waals surface area contributed by atoms with Gasteiger partial charge in [-0.05, 0) is 63.3 Å². The van der Waals surface area contributed by atoms with Gasteiger partial charge in [-0.15, -0.1) is 11.3 Å². The minimum absolute atomic E-state index is 0.0483. The molecule has 2 aromatic heterocycles. The average Bonchev–Trinajstić information content (AvgIpc) is 3.12. The highest BCUT2D eigenvalue weighted by Gasteiger charge is 2.24. The van der Waals surface area contributed by atoms with Crippen LogP contribution in [-0.4, -0.2) is 29.1 Å². The molecule has 3 N–H and O–H groups in total. The second kappa shape index (κ2) is 8.97. The second-order valence-electron chi connectivity index (χ2n) is 7.66. The maximum atomic E-state index is 13.2. The number of carbonyl (C=O) groups excluding carboxylic acids is 1. The minimum atomic E-state index is -3.87. The van der Waals surface area contributed by atoms with Gasteiger partial charge in [-0.2, -0.15) is 0 Å². The summed E-state index contributed by atoms with van der Waals surface area (Å²) >= 11 is 2.79. The normalized spacial score (nSPS) is 14.8. The number of rotatable bonds is 6. The molecule has 8 nitrogen and oxygen atoms in total. The molecule has 0 saturated carbocycles. The Morgan fingerprint density at radius 2 is 2.09 bits per heavy atom.